The Morgan fingerprint density at radius 3 is 1.25 bits per heavy atom. The Kier molecular flexibility index (Phi) is 16.1. The minimum Gasteiger partial charge on any atom is -1.00 e. The average molecular weight is 157 g/mol. The Morgan fingerprint density at radius 2 is 1.25 bits per heavy atom. The van der Waals surface area contributed by atoms with Crippen LogP contribution in [0, 0.1) is 10.2 Å². The molecule has 48 valence electrons. The summed E-state index contributed by atoms with van der Waals surface area (Å²) in [6.07, 6.45) is 0. The van der Waals surface area contributed by atoms with Crippen molar-refractivity contribution in [1.29, 1.82) is 0 Å². The molecule has 0 spiro atoms. The largest absolute Gasteiger partial charge is 1.00 e. The smallest absolute Gasteiger partial charge is 1.00 e. The minimum atomic E-state index is -4.69. The van der Waals surface area contributed by atoms with E-state index in [1.807, 2.05) is 0 Å². The van der Waals surface area contributed by atoms with Gasteiger partial charge in [0.25, 0.3) is 0 Å². The quantitative estimate of drug-likeness (QED) is 0.181. The van der Waals surface area contributed by atoms with E-state index in [0.717, 1.165) is 0 Å². The van der Waals surface area contributed by atoms with Crippen LogP contribution in [0.1, 0.15) is 1.43 Å². The van der Waals surface area contributed by atoms with E-state index in [9.17, 15) is 0 Å². The molecule has 8 heteroatoms. The van der Waals surface area contributed by atoms with Gasteiger partial charge in [0.05, 0.1) is 14.9 Å². The van der Waals surface area contributed by atoms with E-state index in [4.69, 9.17) is 18.6 Å². The molecule has 6 nitrogen and oxygen atoms in total. The second kappa shape index (κ2) is 8.05. The third-order valence-electron chi connectivity index (χ3n) is 0. The SMILES string of the molecule is NN.[H-].[Na+].[O-][Cl+3]([O-])([O-])O. The standard InChI is InChI=1S/ClHO4.H4N2.Na.H/c2-1(3,4)5;1-2;;/h(H,2,3,4,5);1-2H2;;/q;;+1;-1. The summed E-state index contributed by atoms with van der Waals surface area (Å²) in [5.74, 6) is 8.00. The molecule has 0 aliphatic rings. The van der Waals surface area contributed by atoms with Crippen molar-refractivity contribution >= 4 is 0 Å². The van der Waals surface area contributed by atoms with E-state index in [1.54, 1.807) is 0 Å². The zero-order valence-corrected chi connectivity index (χ0v) is 6.96. The molecule has 0 fully saturated rings. The monoisotopic (exact) mass is 156 g/mol. The van der Waals surface area contributed by atoms with Crippen molar-refractivity contribution < 1.29 is 59.9 Å². The summed E-state index contributed by atoms with van der Waals surface area (Å²) in [6.45, 7) is 0. The van der Waals surface area contributed by atoms with Crippen LogP contribution in [0.25, 0.3) is 0 Å². The second-order valence-electron chi connectivity index (χ2n) is 0.396. The molecule has 0 aromatic heterocycles. The van der Waals surface area contributed by atoms with Crippen molar-refractivity contribution in [3.63, 3.8) is 0 Å². The van der Waals surface area contributed by atoms with Gasteiger partial charge in [-0.1, -0.05) is 0 Å². The Balaban J connectivity index is -0.0000000286. The molecule has 0 saturated carbocycles. The fourth-order valence-electron chi connectivity index (χ4n) is 0. The molecule has 8 heavy (non-hydrogen) atoms. The molecule has 0 aliphatic carbocycles. The fourth-order valence-corrected chi connectivity index (χ4v) is 0. The van der Waals surface area contributed by atoms with Crippen molar-refractivity contribution in [3.8, 4) is 0 Å². The van der Waals surface area contributed by atoms with Gasteiger partial charge in [-0.15, -0.1) is 0 Å². The van der Waals surface area contributed by atoms with E-state index in [2.05, 4.69) is 11.7 Å². The number of hydrogen-bond acceptors (Lipinski definition) is 6. The zero-order chi connectivity index (χ0) is 6.50. The van der Waals surface area contributed by atoms with E-state index >= 15 is 0 Å². The fraction of sp³-hybridized carbons (Fsp3) is 0. The van der Waals surface area contributed by atoms with Crippen LogP contribution in [0.3, 0.4) is 0 Å². The Labute approximate surface area is 71.6 Å². The molecule has 0 heterocycles. The Hall–Kier alpha value is 1.05. The van der Waals surface area contributed by atoms with Gasteiger partial charge in [-0.2, -0.15) is 14.0 Å². The summed E-state index contributed by atoms with van der Waals surface area (Å²) in [6, 6.07) is 0. The molecule has 0 unspecified atom stereocenters. The van der Waals surface area contributed by atoms with Crippen LogP contribution < -0.4 is 55.2 Å². The third kappa shape index (κ3) is 234. The van der Waals surface area contributed by atoms with Crippen molar-refractivity contribution in [3.05, 3.63) is 0 Å². The van der Waals surface area contributed by atoms with Gasteiger partial charge < -0.3 is 1.43 Å². The molecule has 0 amide bonds. The number of rotatable bonds is 0. The second-order valence-corrected chi connectivity index (χ2v) is 1.19. The molecule has 0 rings (SSSR count). The average Bonchev–Trinajstić information content (AvgIpc) is 1.36. The van der Waals surface area contributed by atoms with E-state index in [0.29, 0.717) is 0 Å². The molecule has 0 aromatic rings. The first-order valence-electron chi connectivity index (χ1n) is 0.965. The molecule has 0 aliphatic heterocycles. The van der Waals surface area contributed by atoms with Crippen molar-refractivity contribution in [2.75, 3.05) is 0 Å². The Morgan fingerprint density at radius 1 is 1.25 bits per heavy atom. The maximum absolute atomic E-state index is 8.60. The van der Waals surface area contributed by atoms with Gasteiger partial charge in [0, 0.05) is 0 Å². The molecule has 0 radical (unpaired) electrons. The third-order valence-corrected chi connectivity index (χ3v) is 0. The summed E-state index contributed by atoms with van der Waals surface area (Å²) in [5, 5.41) is 0. The number of nitrogens with two attached hydrogens (primary N) is 2. The van der Waals surface area contributed by atoms with E-state index < -0.39 is 10.2 Å². The first kappa shape index (κ1) is 16.0. The molecular weight excluding hydrogens is 150 g/mol. The minimum absolute atomic E-state index is 0. The molecular formula is H6ClN2NaO4. The predicted octanol–water partition coefficient (Wildman–Crippen LogP) is -8.19. The van der Waals surface area contributed by atoms with Crippen molar-refractivity contribution in [1.82, 2.24) is 0 Å². The summed E-state index contributed by atoms with van der Waals surface area (Å²) in [7, 11) is -4.69. The van der Waals surface area contributed by atoms with Crippen LogP contribution in [0.15, 0.2) is 0 Å². The first-order chi connectivity index (χ1) is 3.00. The van der Waals surface area contributed by atoms with Crippen LogP contribution in [0.2, 0.25) is 0 Å². The Bertz CT molecular complexity index is 34.0. The van der Waals surface area contributed by atoms with Gasteiger partial charge in [0.1, 0.15) is 0 Å². The molecule has 0 saturated heterocycles. The number of hydrogen-bond donors (Lipinski definition) is 3. The van der Waals surface area contributed by atoms with Gasteiger partial charge in [0.15, 0.2) is 0 Å². The van der Waals surface area contributed by atoms with E-state index in [-0.39, 0.29) is 31.0 Å². The summed E-state index contributed by atoms with van der Waals surface area (Å²) < 4.78 is 32.7. The summed E-state index contributed by atoms with van der Waals surface area (Å²) in [4.78, 5) is 0. The summed E-state index contributed by atoms with van der Waals surface area (Å²) in [5.41, 5.74) is 0. The van der Waals surface area contributed by atoms with Gasteiger partial charge in [-0.05, 0) is 0 Å². The zero-order valence-electron chi connectivity index (χ0n) is 5.20. The first-order valence-corrected chi connectivity index (χ1v) is 2.23. The maximum atomic E-state index is 8.60. The van der Waals surface area contributed by atoms with E-state index in [1.165, 1.54) is 0 Å². The van der Waals surface area contributed by atoms with Gasteiger partial charge >= 0.3 is 29.6 Å². The molecule has 0 aromatic carbocycles. The molecule has 0 atom stereocenters. The van der Waals surface area contributed by atoms with Crippen LogP contribution in [-0.2, 0) is 0 Å². The van der Waals surface area contributed by atoms with Crippen LogP contribution in [0.4, 0.5) is 0 Å². The van der Waals surface area contributed by atoms with Crippen molar-refractivity contribution in [2.45, 2.75) is 0 Å². The predicted molar refractivity (Wildman–Crippen MR) is 11.7 cm³/mol. The normalized spacial score (nSPS) is 8.25. The number of hydrazine groups is 1. The summed E-state index contributed by atoms with van der Waals surface area (Å²) >= 11 is 0. The molecule has 5 N–H and O–H groups in total. The van der Waals surface area contributed by atoms with Crippen LogP contribution >= 0.6 is 0 Å². The van der Waals surface area contributed by atoms with Crippen LogP contribution in [-0.4, -0.2) is 4.66 Å². The maximum Gasteiger partial charge on any atom is 1.00 e. The van der Waals surface area contributed by atoms with Gasteiger partial charge in [-0.3, -0.25) is 11.7 Å². The number of halogens is 1. The van der Waals surface area contributed by atoms with Gasteiger partial charge in [-0.25, -0.2) is 0 Å². The van der Waals surface area contributed by atoms with Crippen LogP contribution in [0.5, 0.6) is 0 Å². The molecule has 0 bridgehead atoms. The van der Waals surface area contributed by atoms with Gasteiger partial charge in [0.2, 0.25) is 0 Å². The van der Waals surface area contributed by atoms with Crippen molar-refractivity contribution in [2.24, 2.45) is 11.7 Å². The topological polar surface area (TPSA) is 141 Å².